The number of nitrogens with one attached hydrogen (secondary N) is 1. The Balaban J connectivity index is 1.65. The number of rotatable bonds is 6. The van der Waals surface area contributed by atoms with Crippen LogP contribution in [0, 0.1) is 20.8 Å². The fourth-order valence-corrected chi connectivity index (χ4v) is 3.48. The second kappa shape index (κ2) is 8.01. The van der Waals surface area contributed by atoms with Crippen LogP contribution in [-0.4, -0.2) is 21.2 Å². The summed E-state index contributed by atoms with van der Waals surface area (Å²) < 4.78 is 1.98. The third-order valence-electron chi connectivity index (χ3n) is 5.00. The van der Waals surface area contributed by atoms with E-state index in [1.54, 1.807) is 0 Å². The lowest BCUT2D eigenvalue weighted by Crippen LogP contribution is -2.45. The van der Waals surface area contributed by atoms with Gasteiger partial charge in [-0.3, -0.25) is 9.48 Å². The first-order chi connectivity index (χ1) is 13.2. The minimum atomic E-state index is -0.328. The van der Waals surface area contributed by atoms with Gasteiger partial charge in [0.2, 0.25) is 0 Å². The quantitative estimate of drug-likeness (QED) is 0.684. The SMILES string of the molecule is Cc1cc(C)n(Cc2ccc(C(=O)NC(C)(C)Cc3ccccc3C)cc2)n1. The van der Waals surface area contributed by atoms with Crippen LogP contribution in [0.4, 0.5) is 0 Å². The standard InChI is InChI=1S/C24H29N3O/c1-17-8-6-7-9-22(17)15-24(4,5)25-23(28)21-12-10-20(11-13-21)16-27-19(3)14-18(2)26-27/h6-14H,15-16H2,1-5H3,(H,25,28). The third-order valence-corrected chi connectivity index (χ3v) is 5.00. The van der Waals surface area contributed by atoms with Crippen molar-refractivity contribution in [1.29, 1.82) is 0 Å². The Bertz CT molecular complexity index is 968. The largest absolute Gasteiger partial charge is 0.347 e. The number of carbonyl (C=O) groups excluding carboxylic acids is 1. The van der Waals surface area contributed by atoms with Gasteiger partial charge in [0.1, 0.15) is 0 Å². The highest BCUT2D eigenvalue weighted by molar-refractivity contribution is 5.94. The van der Waals surface area contributed by atoms with Gasteiger partial charge in [-0.15, -0.1) is 0 Å². The number of hydrogen-bond donors (Lipinski definition) is 1. The predicted octanol–water partition coefficient (Wildman–Crippen LogP) is 4.61. The van der Waals surface area contributed by atoms with Gasteiger partial charge in [-0.25, -0.2) is 0 Å². The lowest BCUT2D eigenvalue weighted by atomic mass is 9.92. The predicted molar refractivity (Wildman–Crippen MR) is 114 cm³/mol. The second-order valence-electron chi connectivity index (χ2n) is 8.22. The molecule has 28 heavy (non-hydrogen) atoms. The molecule has 0 unspecified atom stereocenters. The fraction of sp³-hybridized carbons (Fsp3) is 0.333. The molecule has 0 saturated heterocycles. The molecular formula is C24H29N3O. The van der Waals surface area contributed by atoms with E-state index in [0.29, 0.717) is 12.1 Å². The Morgan fingerprint density at radius 2 is 1.71 bits per heavy atom. The lowest BCUT2D eigenvalue weighted by molar-refractivity contribution is 0.0913. The van der Waals surface area contributed by atoms with Crippen LogP contribution in [0.3, 0.4) is 0 Å². The van der Waals surface area contributed by atoms with E-state index in [-0.39, 0.29) is 11.4 Å². The van der Waals surface area contributed by atoms with E-state index in [0.717, 1.165) is 23.4 Å². The van der Waals surface area contributed by atoms with E-state index in [1.165, 1.54) is 11.1 Å². The molecule has 4 heteroatoms. The zero-order valence-electron chi connectivity index (χ0n) is 17.4. The number of benzene rings is 2. The summed E-state index contributed by atoms with van der Waals surface area (Å²) in [4.78, 5) is 12.7. The molecule has 0 bridgehead atoms. The summed E-state index contributed by atoms with van der Waals surface area (Å²) in [7, 11) is 0. The van der Waals surface area contributed by atoms with Crippen LogP contribution in [0.2, 0.25) is 0 Å². The van der Waals surface area contributed by atoms with Crippen molar-refractivity contribution in [1.82, 2.24) is 15.1 Å². The average Bonchev–Trinajstić information content (AvgIpc) is 2.94. The number of aryl methyl sites for hydroxylation is 3. The van der Waals surface area contributed by atoms with Gasteiger partial charge >= 0.3 is 0 Å². The van der Waals surface area contributed by atoms with Gasteiger partial charge in [-0.1, -0.05) is 36.4 Å². The van der Waals surface area contributed by atoms with Crippen molar-refractivity contribution in [2.45, 2.75) is 53.1 Å². The van der Waals surface area contributed by atoms with E-state index < -0.39 is 0 Å². The van der Waals surface area contributed by atoms with Crippen LogP contribution in [0.5, 0.6) is 0 Å². The first kappa shape index (κ1) is 19.9. The molecule has 0 atom stereocenters. The van der Waals surface area contributed by atoms with Gasteiger partial charge in [-0.2, -0.15) is 5.10 Å². The fourth-order valence-electron chi connectivity index (χ4n) is 3.48. The van der Waals surface area contributed by atoms with Crippen LogP contribution < -0.4 is 5.32 Å². The van der Waals surface area contributed by atoms with E-state index in [2.05, 4.69) is 56.3 Å². The highest BCUT2D eigenvalue weighted by atomic mass is 16.1. The summed E-state index contributed by atoms with van der Waals surface area (Å²) in [6, 6.07) is 18.2. The molecule has 1 heterocycles. The molecule has 0 aliphatic carbocycles. The Labute approximate surface area is 167 Å². The normalized spacial score (nSPS) is 11.5. The molecule has 2 aromatic carbocycles. The van der Waals surface area contributed by atoms with Crippen LogP contribution in [0.15, 0.2) is 54.6 Å². The highest BCUT2D eigenvalue weighted by Crippen LogP contribution is 2.17. The van der Waals surface area contributed by atoms with Gasteiger partial charge in [-0.05, 0) is 75.9 Å². The number of aromatic nitrogens is 2. The maximum absolute atomic E-state index is 12.7. The van der Waals surface area contributed by atoms with E-state index in [1.807, 2.05) is 48.0 Å². The Morgan fingerprint density at radius 1 is 1.04 bits per heavy atom. The van der Waals surface area contributed by atoms with Crippen LogP contribution in [0.1, 0.15) is 52.3 Å². The van der Waals surface area contributed by atoms with Crippen molar-refractivity contribution in [2.75, 3.05) is 0 Å². The van der Waals surface area contributed by atoms with Crippen molar-refractivity contribution >= 4 is 5.91 Å². The minimum absolute atomic E-state index is 0.0451. The third kappa shape index (κ3) is 4.89. The summed E-state index contributed by atoms with van der Waals surface area (Å²) in [6.45, 7) is 11.0. The zero-order valence-corrected chi connectivity index (χ0v) is 17.4. The van der Waals surface area contributed by atoms with Crippen molar-refractivity contribution in [3.63, 3.8) is 0 Å². The minimum Gasteiger partial charge on any atom is -0.347 e. The molecule has 1 N–H and O–H groups in total. The average molecular weight is 376 g/mol. The Morgan fingerprint density at radius 3 is 2.32 bits per heavy atom. The molecule has 0 radical (unpaired) electrons. The summed E-state index contributed by atoms with van der Waals surface area (Å²) in [5, 5.41) is 7.67. The van der Waals surface area contributed by atoms with Gasteiger partial charge < -0.3 is 5.32 Å². The van der Waals surface area contributed by atoms with Gasteiger partial charge in [0, 0.05) is 16.8 Å². The number of amides is 1. The van der Waals surface area contributed by atoms with Crippen LogP contribution >= 0.6 is 0 Å². The maximum Gasteiger partial charge on any atom is 0.251 e. The molecule has 4 nitrogen and oxygen atoms in total. The van der Waals surface area contributed by atoms with Crippen molar-refractivity contribution in [3.8, 4) is 0 Å². The molecule has 0 spiro atoms. The topological polar surface area (TPSA) is 46.9 Å². The highest BCUT2D eigenvalue weighted by Gasteiger charge is 2.22. The molecule has 3 aromatic rings. The molecule has 1 amide bonds. The molecule has 0 fully saturated rings. The maximum atomic E-state index is 12.7. The zero-order chi connectivity index (χ0) is 20.3. The molecule has 146 valence electrons. The molecule has 3 rings (SSSR count). The van der Waals surface area contributed by atoms with E-state index >= 15 is 0 Å². The van der Waals surface area contributed by atoms with Crippen molar-refractivity contribution in [3.05, 3.63) is 88.2 Å². The summed E-state index contributed by atoms with van der Waals surface area (Å²) in [5.74, 6) is -0.0451. The van der Waals surface area contributed by atoms with Gasteiger partial charge in [0.25, 0.3) is 5.91 Å². The van der Waals surface area contributed by atoms with Crippen molar-refractivity contribution < 1.29 is 4.79 Å². The van der Waals surface area contributed by atoms with E-state index in [4.69, 9.17) is 0 Å². The Hall–Kier alpha value is -2.88. The van der Waals surface area contributed by atoms with Crippen LogP contribution in [-0.2, 0) is 13.0 Å². The van der Waals surface area contributed by atoms with E-state index in [9.17, 15) is 4.79 Å². The van der Waals surface area contributed by atoms with Crippen molar-refractivity contribution in [2.24, 2.45) is 0 Å². The molecular weight excluding hydrogens is 346 g/mol. The smallest absolute Gasteiger partial charge is 0.251 e. The molecule has 1 aromatic heterocycles. The first-order valence-electron chi connectivity index (χ1n) is 9.70. The number of hydrogen-bond acceptors (Lipinski definition) is 2. The number of carbonyl (C=O) groups is 1. The lowest BCUT2D eigenvalue weighted by Gasteiger charge is -2.27. The molecule has 0 aliphatic rings. The van der Waals surface area contributed by atoms with Crippen LogP contribution in [0.25, 0.3) is 0 Å². The number of nitrogens with zero attached hydrogens (tertiary/aromatic N) is 2. The van der Waals surface area contributed by atoms with Gasteiger partial charge in [0.05, 0.1) is 12.2 Å². The summed E-state index contributed by atoms with van der Waals surface area (Å²) >= 11 is 0. The summed E-state index contributed by atoms with van der Waals surface area (Å²) in [6.07, 6.45) is 0.793. The summed E-state index contributed by atoms with van der Waals surface area (Å²) in [5.41, 5.74) is 6.14. The molecule has 0 aliphatic heterocycles. The Kier molecular flexibility index (Phi) is 5.68. The monoisotopic (exact) mass is 375 g/mol. The second-order valence-corrected chi connectivity index (χ2v) is 8.22. The first-order valence-corrected chi connectivity index (χ1v) is 9.70. The molecule has 0 saturated carbocycles. The van der Waals surface area contributed by atoms with Gasteiger partial charge in [0.15, 0.2) is 0 Å².